The highest BCUT2D eigenvalue weighted by Gasteiger charge is 2.32. The molecule has 0 spiro atoms. The SMILES string of the molecule is CNC(=O)CCN(C)c1cc(N2CC(CC(N)=O)C2)n2nc(-c3ccccc3Cl)c(-c3ccc(Cl)cc3)c2n1. The number of nitrogens with two attached hydrogens (primary N) is 1. The highest BCUT2D eigenvalue weighted by atomic mass is 35.5. The summed E-state index contributed by atoms with van der Waals surface area (Å²) >= 11 is 12.9. The van der Waals surface area contributed by atoms with Crippen LogP contribution in [0.15, 0.2) is 54.6 Å². The van der Waals surface area contributed by atoms with Crippen molar-refractivity contribution in [3.8, 4) is 22.4 Å². The molecule has 202 valence electrons. The number of hydrogen-bond donors (Lipinski definition) is 2. The van der Waals surface area contributed by atoms with Gasteiger partial charge < -0.3 is 20.9 Å². The molecule has 0 saturated carbocycles. The number of fused-ring (bicyclic) bond motifs is 1. The Morgan fingerprint density at radius 3 is 2.51 bits per heavy atom. The number of carbonyl (C=O) groups is 2. The van der Waals surface area contributed by atoms with Gasteiger partial charge in [0.1, 0.15) is 17.3 Å². The van der Waals surface area contributed by atoms with Crippen molar-refractivity contribution in [3.05, 3.63) is 64.6 Å². The minimum atomic E-state index is -0.306. The number of amides is 2. The first kappa shape index (κ1) is 26.8. The summed E-state index contributed by atoms with van der Waals surface area (Å²) in [7, 11) is 3.53. The average Bonchev–Trinajstić information content (AvgIpc) is 3.28. The zero-order valence-electron chi connectivity index (χ0n) is 21.7. The number of halogens is 2. The molecule has 4 aromatic rings. The number of anilines is 2. The molecule has 9 nitrogen and oxygen atoms in total. The lowest BCUT2D eigenvalue weighted by molar-refractivity contribution is -0.120. The van der Waals surface area contributed by atoms with Crippen LogP contribution in [0, 0.1) is 5.92 Å². The largest absolute Gasteiger partial charge is 0.370 e. The lowest BCUT2D eigenvalue weighted by Gasteiger charge is -2.40. The molecule has 2 aromatic heterocycles. The van der Waals surface area contributed by atoms with Gasteiger partial charge >= 0.3 is 0 Å². The Hall–Kier alpha value is -3.82. The van der Waals surface area contributed by atoms with Gasteiger partial charge in [-0.15, -0.1) is 0 Å². The fourth-order valence-corrected chi connectivity index (χ4v) is 5.17. The average molecular weight is 566 g/mol. The zero-order chi connectivity index (χ0) is 27.7. The summed E-state index contributed by atoms with van der Waals surface area (Å²) in [6, 6.07) is 17.1. The molecule has 2 aromatic carbocycles. The van der Waals surface area contributed by atoms with Crippen molar-refractivity contribution in [2.24, 2.45) is 11.7 Å². The van der Waals surface area contributed by atoms with Crippen LogP contribution in [-0.4, -0.2) is 60.1 Å². The van der Waals surface area contributed by atoms with Crippen molar-refractivity contribution >= 4 is 52.3 Å². The summed E-state index contributed by atoms with van der Waals surface area (Å²) < 4.78 is 1.83. The maximum Gasteiger partial charge on any atom is 0.221 e. The summed E-state index contributed by atoms with van der Waals surface area (Å²) in [5.74, 6) is 1.35. The maximum atomic E-state index is 11.9. The van der Waals surface area contributed by atoms with Gasteiger partial charge in [0.05, 0.1) is 10.6 Å². The first-order chi connectivity index (χ1) is 18.7. The third-order valence-corrected chi connectivity index (χ3v) is 7.52. The van der Waals surface area contributed by atoms with Gasteiger partial charge in [0.15, 0.2) is 5.65 Å². The van der Waals surface area contributed by atoms with Crippen LogP contribution in [0.25, 0.3) is 28.0 Å². The van der Waals surface area contributed by atoms with E-state index in [0.29, 0.717) is 59.7 Å². The standard InChI is InChI=1S/C28H29Cl2N7O2/c1-32-24(39)11-12-35(2)23-14-25(36-15-17(16-36)13-22(31)38)37-28(33-23)26(18-7-9-19(29)10-8-18)27(34-37)20-5-3-4-6-21(20)30/h3-10,14,17H,11-13,15-16H2,1-2H3,(H2,31,38)(H,32,39). The Kier molecular flexibility index (Phi) is 7.63. The molecular formula is C28H29Cl2N7O2. The number of aromatic nitrogens is 3. The lowest BCUT2D eigenvalue weighted by Crippen LogP contribution is -2.49. The molecule has 3 heterocycles. The number of nitrogens with zero attached hydrogens (tertiary/aromatic N) is 5. The molecule has 1 aliphatic rings. The summed E-state index contributed by atoms with van der Waals surface area (Å²) in [5, 5.41) is 8.90. The summed E-state index contributed by atoms with van der Waals surface area (Å²) in [6.45, 7) is 1.82. The second-order valence-electron chi connectivity index (χ2n) is 9.70. The van der Waals surface area contributed by atoms with Gasteiger partial charge in [-0.2, -0.15) is 9.61 Å². The molecule has 1 aliphatic heterocycles. The molecule has 3 N–H and O–H groups in total. The predicted molar refractivity (Wildman–Crippen MR) is 155 cm³/mol. The van der Waals surface area contributed by atoms with Crippen LogP contribution in [-0.2, 0) is 9.59 Å². The number of hydrogen-bond acceptors (Lipinski definition) is 6. The van der Waals surface area contributed by atoms with E-state index < -0.39 is 0 Å². The Balaban J connectivity index is 1.70. The summed E-state index contributed by atoms with van der Waals surface area (Å²) in [6.07, 6.45) is 0.664. The topological polar surface area (TPSA) is 109 Å². The van der Waals surface area contributed by atoms with Crippen molar-refractivity contribution in [1.29, 1.82) is 0 Å². The van der Waals surface area contributed by atoms with E-state index in [1.165, 1.54) is 0 Å². The van der Waals surface area contributed by atoms with E-state index in [9.17, 15) is 9.59 Å². The van der Waals surface area contributed by atoms with Crippen molar-refractivity contribution in [2.75, 3.05) is 43.5 Å². The van der Waals surface area contributed by atoms with Gasteiger partial charge in [-0.3, -0.25) is 9.59 Å². The molecule has 1 fully saturated rings. The molecule has 0 unspecified atom stereocenters. The molecule has 0 radical (unpaired) electrons. The number of carbonyl (C=O) groups excluding carboxylic acids is 2. The number of primary amides is 1. The summed E-state index contributed by atoms with van der Waals surface area (Å²) in [5.41, 5.74) is 9.27. The fourth-order valence-electron chi connectivity index (χ4n) is 4.81. The highest BCUT2D eigenvalue weighted by Crippen LogP contribution is 2.40. The van der Waals surface area contributed by atoms with Crippen molar-refractivity contribution in [3.63, 3.8) is 0 Å². The second kappa shape index (κ2) is 11.1. The molecular weight excluding hydrogens is 537 g/mol. The molecule has 2 amide bonds. The van der Waals surface area contributed by atoms with E-state index in [-0.39, 0.29) is 17.7 Å². The van der Waals surface area contributed by atoms with Gasteiger partial charge in [0, 0.05) is 69.1 Å². The van der Waals surface area contributed by atoms with E-state index in [4.69, 9.17) is 39.0 Å². The van der Waals surface area contributed by atoms with Crippen LogP contribution in [0.1, 0.15) is 12.8 Å². The van der Waals surface area contributed by atoms with Crippen LogP contribution in [0.3, 0.4) is 0 Å². The van der Waals surface area contributed by atoms with Crippen LogP contribution >= 0.6 is 23.2 Å². The maximum absolute atomic E-state index is 11.9. The number of benzene rings is 2. The number of rotatable bonds is 9. The molecule has 0 aliphatic carbocycles. The van der Waals surface area contributed by atoms with Gasteiger partial charge in [-0.1, -0.05) is 53.5 Å². The minimum Gasteiger partial charge on any atom is -0.370 e. The van der Waals surface area contributed by atoms with Crippen molar-refractivity contribution < 1.29 is 9.59 Å². The third-order valence-electron chi connectivity index (χ3n) is 6.93. The molecule has 0 atom stereocenters. The summed E-state index contributed by atoms with van der Waals surface area (Å²) in [4.78, 5) is 32.6. The first-order valence-electron chi connectivity index (χ1n) is 12.6. The predicted octanol–water partition coefficient (Wildman–Crippen LogP) is 4.25. The smallest absolute Gasteiger partial charge is 0.221 e. The van der Waals surface area contributed by atoms with E-state index in [1.807, 2.05) is 71.1 Å². The van der Waals surface area contributed by atoms with E-state index in [2.05, 4.69) is 10.2 Å². The van der Waals surface area contributed by atoms with Crippen LogP contribution in [0.5, 0.6) is 0 Å². The van der Waals surface area contributed by atoms with Crippen molar-refractivity contribution in [1.82, 2.24) is 19.9 Å². The quantitative estimate of drug-likeness (QED) is 0.314. The van der Waals surface area contributed by atoms with Gasteiger partial charge in [0.25, 0.3) is 0 Å². The van der Waals surface area contributed by atoms with Gasteiger partial charge in [-0.05, 0) is 23.8 Å². The van der Waals surface area contributed by atoms with E-state index >= 15 is 0 Å². The van der Waals surface area contributed by atoms with Gasteiger partial charge in [0.2, 0.25) is 11.8 Å². The molecule has 5 rings (SSSR count). The Morgan fingerprint density at radius 1 is 1.13 bits per heavy atom. The Labute approximate surface area is 236 Å². The molecule has 39 heavy (non-hydrogen) atoms. The molecule has 11 heteroatoms. The van der Waals surface area contributed by atoms with Crippen LogP contribution in [0.4, 0.5) is 11.6 Å². The Bertz CT molecular complexity index is 1530. The first-order valence-corrected chi connectivity index (χ1v) is 13.4. The number of nitrogens with one attached hydrogen (secondary N) is 1. The zero-order valence-corrected chi connectivity index (χ0v) is 23.2. The van der Waals surface area contributed by atoms with E-state index in [0.717, 1.165) is 22.5 Å². The normalized spacial score (nSPS) is 13.4. The van der Waals surface area contributed by atoms with Crippen molar-refractivity contribution in [2.45, 2.75) is 12.8 Å². The fraction of sp³-hybridized carbons (Fsp3) is 0.286. The monoisotopic (exact) mass is 565 g/mol. The molecule has 0 bridgehead atoms. The second-order valence-corrected chi connectivity index (χ2v) is 10.5. The third kappa shape index (κ3) is 5.51. The highest BCUT2D eigenvalue weighted by molar-refractivity contribution is 6.33. The van der Waals surface area contributed by atoms with E-state index in [1.54, 1.807) is 7.05 Å². The Morgan fingerprint density at radius 2 is 1.85 bits per heavy atom. The van der Waals surface area contributed by atoms with Crippen LogP contribution in [0.2, 0.25) is 10.0 Å². The lowest BCUT2D eigenvalue weighted by atomic mass is 9.96. The van der Waals surface area contributed by atoms with Crippen LogP contribution < -0.4 is 20.9 Å². The van der Waals surface area contributed by atoms with Gasteiger partial charge in [-0.25, -0.2) is 4.98 Å². The minimum absolute atomic E-state index is 0.0487. The molecule has 1 saturated heterocycles.